The Morgan fingerprint density at radius 3 is 2.83 bits per heavy atom. The molecule has 1 aliphatic rings. The molecule has 29 heavy (non-hydrogen) atoms. The summed E-state index contributed by atoms with van der Waals surface area (Å²) in [5, 5.41) is 3.23. The largest absolute Gasteiger partial charge is 0.342 e. The molecular formula is C22H26FN5S. The highest BCUT2D eigenvalue weighted by Crippen LogP contribution is 2.40. The number of halogens is 1. The van der Waals surface area contributed by atoms with Crippen LogP contribution >= 0.6 is 11.8 Å². The number of thioether (sulfide) groups is 1. The minimum absolute atomic E-state index is 0.136. The van der Waals surface area contributed by atoms with Crippen molar-refractivity contribution in [2.24, 2.45) is 13.0 Å². The lowest BCUT2D eigenvalue weighted by molar-refractivity contribution is 0.459. The molecular weight excluding hydrogens is 385 g/mol. The molecule has 1 fully saturated rings. The van der Waals surface area contributed by atoms with Crippen LogP contribution in [0.25, 0.3) is 11.0 Å². The summed E-state index contributed by atoms with van der Waals surface area (Å²) in [7, 11) is 3.98. The fraction of sp³-hybridized carbons (Fsp3) is 0.364. The van der Waals surface area contributed by atoms with E-state index >= 15 is 0 Å². The van der Waals surface area contributed by atoms with E-state index in [9.17, 15) is 4.39 Å². The molecule has 1 saturated carbocycles. The van der Waals surface area contributed by atoms with Crippen molar-refractivity contribution in [2.75, 3.05) is 23.5 Å². The number of imidazole rings is 1. The van der Waals surface area contributed by atoms with Crippen molar-refractivity contribution in [2.45, 2.75) is 30.8 Å². The van der Waals surface area contributed by atoms with E-state index in [2.05, 4.69) is 53.2 Å². The van der Waals surface area contributed by atoms with Gasteiger partial charge in [0.1, 0.15) is 17.5 Å². The van der Waals surface area contributed by atoms with Gasteiger partial charge in [0, 0.05) is 42.4 Å². The summed E-state index contributed by atoms with van der Waals surface area (Å²) in [5.41, 5.74) is 4.77. The lowest BCUT2D eigenvalue weighted by Crippen LogP contribution is -2.15. The molecule has 0 saturated heterocycles. The quantitative estimate of drug-likeness (QED) is 0.534. The molecule has 152 valence electrons. The Kier molecular flexibility index (Phi) is 5.25. The summed E-state index contributed by atoms with van der Waals surface area (Å²) in [6, 6.07) is 8.54. The summed E-state index contributed by atoms with van der Waals surface area (Å²) < 4.78 is 15.4. The van der Waals surface area contributed by atoms with Crippen LogP contribution in [0.4, 0.5) is 21.7 Å². The molecule has 7 heteroatoms. The fourth-order valence-corrected chi connectivity index (χ4v) is 4.03. The molecule has 1 aliphatic carbocycles. The molecule has 1 N–H and O–H groups in total. The van der Waals surface area contributed by atoms with E-state index in [4.69, 9.17) is 4.98 Å². The number of alkyl halides is 1. The third kappa shape index (κ3) is 3.71. The van der Waals surface area contributed by atoms with Crippen LogP contribution in [0.1, 0.15) is 18.9 Å². The van der Waals surface area contributed by atoms with Gasteiger partial charge in [0.15, 0.2) is 5.82 Å². The summed E-state index contributed by atoms with van der Waals surface area (Å²) in [6.07, 6.45) is 4.51. The predicted molar refractivity (Wildman–Crippen MR) is 120 cm³/mol. The molecule has 0 aliphatic heterocycles. The van der Waals surface area contributed by atoms with Crippen LogP contribution in [0.3, 0.4) is 0 Å². The monoisotopic (exact) mass is 411 g/mol. The van der Waals surface area contributed by atoms with E-state index in [1.165, 1.54) is 10.5 Å². The third-order valence-electron chi connectivity index (χ3n) is 5.51. The average Bonchev–Trinajstić information content (AvgIpc) is 3.36. The zero-order chi connectivity index (χ0) is 20.7. The topological polar surface area (TPSA) is 46.0 Å². The van der Waals surface area contributed by atoms with Crippen molar-refractivity contribution < 1.29 is 4.39 Å². The van der Waals surface area contributed by atoms with Crippen molar-refractivity contribution in [3.8, 4) is 0 Å². The van der Waals surface area contributed by atoms with Crippen molar-refractivity contribution in [1.82, 2.24) is 14.5 Å². The van der Waals surface area contributed by atoms with Crippen molar-refractivity contribution in [1.29, 1.82) is 0 Å². The Hall–Kier alpha value is -2.54. The van der Waals surface area contributed by atoms with Gasteiger partial charge in [0.05, 0.1) is 11.8 Å². The van der Waals surface area contributed by atoms with Crippen LogP contribution < -0.4 is 10.2 Å². The molecule has 5 nitrogen and oxygen atoms in total. The highest BCUT2D eigenvalue weighted by molar-refractivity contribution is 7.98. The number of allylic oxidation sites excluding steroid dienone is 1. The molecule has 0 amide bonds. The Labute approximate surface area is 175 Å². The zero-order valence-corrected chi connectivity index (χ0v) is 18.1. The summed E-state index contributed by atoms with van der Waals surface area (Å²) in [6.45, 7) is 6.17. The van der Waals surface area contributed by atoms with Gasteiger partial charge in [-0.15, -0.1) is 11.8 Å². The number of aromatic nitrogens is 3. The zero-order valence-electron chi connectivity index (χ0n) is 17.2. The van der Waals surface area contributed by atoms with Gasteiger partial charge in [-0.25, -0.2) is 14.4 Å². The SMILES string of the molecule is C=C(Nc1nc(N(C)c2ccc(SC)cc2CC)cc2c1ncn2C)[C@H]1C[C@H]1F. The molecule has 2 atom stereocenters. The molecule has 0 radical (unpaired) electrons. The van der Waals surface area contributed by atoms with Crippen LogP contribution in [0.15, 0.2) is 47.8 Å². The predicted octanol–water partition coefficient (Wildman–Crippen LogP) is 5.30. The van der Waals surface area contributed by atoms with E-state index in [-0.39, 0.29) is 5.92 Å². The number of hydrogen-bond acceptors (Lipinski definition) is 5. The Morgan fingerprint density at radius 2 is 2.17 bits per heavy atom. The maximum Gasteiger partial charge on any atom is 0.160 e. The number of benzene rings is 1. The number of aryl methyl sites for hydroxylation is 2. The highest BCUT2D eigenvalue weighted by Gasteiger charge is 2.40. The third-order valence-corrected chi connectivity index (χ3v) is 6.24. The van der Waals surface area contributed by atoms with Gasteiger partial charge in [-0.3, -0.25) is 0 Å². The van der Waals surface area contributed by atoms with Gasteiger partial charge < -0.3 is 14.8 Å². The molecule has 4 rings (SSSR count). The summed E-state index contributed by atoms with van der Waals surface area (Å²) in [5.74, 6) is 1.28. The Morgan fingerprint density at radius 1 is 1.41 bits per heavy atom. The van der Waals surface area contributed by atoms with E-state index in [1.54, 1.807) is 18.1 Å². The Bertz CT molecular complexity index is 1080. The number of rotatable bonds is 7. The minimum Gasteiger partial charge on any atom is -0.342 e. The Balaban J connectivity index is 1.75. The van der Waals surface area contributed by atoms with Crippen LogP contribution in [-0.2, 0) is 13.5 Å². The van der Waals surface area contributed by atoms with Gasteiger partial charge in [0.25, 0.3) is 0 Å². The highest BCUT2D eigenvalue weighted by atomic mass is 32.2. The maximum atomic E-state index is 13.5. The molecule has 0 spiro atoms. The second kappa shape index (κ2) is 7.71. The second-order valence-corrected chi connectivity index (χ2v) is 8.35. The van der Waals surface area contributed by atoms with Crippen molar-refractivity contribution in [3.63, 3.8) is 0 Å². The maximum absolute atomic E-state index is 13.5. The van der Waals surface area contributed by atoms with Crippen LogP contribution in [0.2, 0.25) is 0 Å². The number of hydrogen-bond donors (Lipinski definition) is 1. The van der Waals surface area contributed by atoms with Crippen LogP contribution in [0.5, 0.6) is 0 Å². The number of fused-ring (bicyclic) bond motifs is 1. The number of anilines is 3. The first-order valence-corrected chi connectivity index (χ1v) is 11.0. The van der Waals surface area contributed by atoms with Gasteiger partial charge >= 0.3 is 0 Å². The van der Waals surface area contributed by atoms with E-state index in [0.717, 1.165) is 29.0 Å². The molecule has 0 unspecified atom stereocenters. The summed E-state index contributed by atoms with van der Waals surface area (Å²) in [4.78, 5) is 12.7. The fourth-order valence-electron chi connectivity index (χ4n) is 3.57. The summed E-state index contributed by atoms with van der Waals surface area (Å²) >= 11 is 1.74. The van der Waals surface area contributed by atoms with E-state index in [0.29, 0.717) is 17.9 Å². The first kappa shape index (κ1) is 19.8. The number of nitrogens with one attached hydrogen (secondary N) is 1. The first-order valence-electron chi connectivity index (χ1n) is 9.75. The minimum atomic E-state index is -0.804. The molecule has 0 bridgehead atoms. The lowest BCUT2D eigenvalue weighted by atomic mass is 10.1. The van der Waals surface area contributed by atoms with Crippen molar-refractivity contribution >= 4 is 40.1 Å². The molecule has 1 aromatic carbocycles. The van der Waals surface area contributed by atoms with Crippen LogP contribution in [0, 0.1) is 5.92 Å². The average molecular weight is 412 g/mol. The van der Waals surface area contributed by atoms with Gasteiger partial charge in [-0.2, -0.15) is 0 Å². The standard InChI is InChI=1S/C22H26FN5S/c1-6-14-9-15(29-5)7-8-18(14)28(4)20-11-19-21(24-12-27(19)3)22(26-20)25-13(2)16-10-17(16)23/h7-9,11-12,16-17H,2,6,10H2,1,3-5H3,(H,25,26)/t16-,17-/m1/s1. The smallest absolute Gasteiger partial charge is 0.160 e. The van der Waals surface area contributed by atoms with E-state index < -0.39 is 6.17 Å². The molecule has 2 heterocycles. The van der Waals surface area contributed by atoms with Gasteiger partial charge in [-0.05, 0) is 42.9 Å². The van der Waals surface area contributed by atoms with Gasteiger partial charge in [0.2, 0.25) is 0 Å². The van der Waals surface area contributed by atoms with Crippen LogP contribution in [-0.4, -0.2) is 34.0 Å². The number of pyridine rings is 1. The number of nitrogens with zero attached hydrogens (tertiary/aromatic N) is 4. The first-order chi connectivity index (χ1) is 13.9. The molecule has 2 aromatic heterocycles. The van der Waals surface area contributed by atoms with Crippen molar-refractivity contribution in [3.05, 3.63) is 48.4 Å². The lowest BCUT2D eigenvalue weighted by Gasteiger charge is -2.23. The molecule has 3 aromatic rings. The van der Waals surface area contributed by atoms with E-state index in [1.807, 2.05) is 24.7 Å². The second-order valence-electron chi connectivity index (χ2n) is 7.47. The van der Waals surface area contributed by atoms with Gasteiger partial charge in [-0.1, -0.05) is 13.5 Å². The normalized spacial score (nSPS) is 18.1.